The number of amides is 1. The topological polar surface area (TPSA) is 59.5 Å². The predicted octanol–water partition coefficient (Wildman–Crippen LogP) is 2.25. The summed E-state index contributed by atoms with van der Waals surface area (Å²) in [6.45, 7) is 3.40. The van der Waals surface area contributed by atoms with Crippen molar-refractivity contribution in [3.63, 3.8) is 0 Å². The predicted molar refractivity (Wildman–Crippen MR) is 80.5 cm³/mol. The summed E-state index contributed by atoms with van der Waals surface area (Å²) in [6, 6.07) is 11.9. The summed E-state index contributed by atoms with van der Waals surface area (Å²) in [5.74, 6) is 1.59. The lowest BCUT2D eigenvalue weighted by molar-refractivity contribution is -0.124. The van der Waals surface area contributed by atoms with Crippen LogP contribution in [0.5, 0.6) is 0 Å². The lowest BCUT2D eigenvalue weighted by atomic mass is 9.93. The second kappa shape index (κ2) is 5.74. The van der Waals surface area contributed by atoms with E-state index in [1.807, 2.05) is 24.3 Å². The maximum absolute atomic E-state index is 11.8. The molecule has 0 saturated carbocycles. The highest BCUT2D eigenvalue weighted by atomic mass is 16.3. The van der Waals surface area contributed by atoms with Gasteiger partial charge in [-0.15, -0.1) is 0 Å². The standard InChI is InChI=1S/C17H20N2O2/c1-2-14-7-8-15(21-14)11-19-10-13-6-4-3-5-12(13)9-16(19)17(18)20/h3-8,16H,2,9-11H2,1H3,(H2,18,20). The third-order valence-electron chi connectivity index (χ3n) is 4.10. The summed E-state index contributed by atoms with van der Waals surface area (Å²) in [7, 11) is 0. The van der Waals surface area contributed by atoms with Crippen molar-refractivity contribution < 1.29 is 9.21 Å². The van der Waals surface area contributed by atoms with Crippen LogP contribution in [0.25, 0.3) is 0 Å². The lowest BCUT2D eigenvalue weighted by Crippen LogP contribution is -2.47. The Morgan fingerprint density at radius 3 is 2.62 bits per heavy atom. The highest BCUT2D eigenvalue weighted by molar-refractivity contribution is 5.80. The van der Waals surface area contributed by atoms with Crippen molar-refractivity contribution >= 4 is 5.91 Å². The van der Waals surface area contributed by atoms with E-state index in [2.05, 4.69) is 24.0 Å². The van der Waals surface area contributed by atoms with Gasteiger partial charge in [0.15, 0.2) is 0 Å². The summed E-state index contributed by atoms with van der Waals surface area (Å²) in [5, 5.41) is 0. The monoisotopic (exact) mass is 284 g/mol. The molecule has 0 aliphatic carbocycles. The van der Waals surface area contributed by atoms with Gasteiger partial charge in [0.05, 0.1) is 12.6 Å². The van der Waals surface area contributed by atoms with Crippen molar-refractivity contribution in [2.75, 3.05) is 0 Å². The number of carbonyl (C=O) groups excluding carboxylic acids is 1. The number of hydrogen-bond acceptors (Lipinski definition) is 3. The van der Waals surface area contributed by atoms with Gasteiger partial charge in [-0.05, 0) is 29.7 Å². The van der Waals surface area contributed by atoms with E-state index >= 15 is 0 Å². The molecule has 1 aromatic carbocycles. The number of fused-ring (bicyclic) bond motifs is 1. The molecule has 1 aliphatic rings. The molecule has 2 aromatic rings. The third kappa shape index (κ3) is 2.85. The average Bonchev–Trinajstić information content (AvgIpc) is 2.94. The number of rotatable bonds is 4. The molecular formula is C17H20N2O2. The van der Waals surface area contributed by atoms with Crippen LogP contribution in [0.1, 0.15) is 29.6 Å². The summed E-state index contributed by atoms with van der Waals surface area (Å²) >= 11 is 0. The Bertz CT molecular complexity index is 648. The Morgan fingerprint density at radius 1 is 1.24 bits per heavy atom. The lowest BCUT2D eigenvalue weighted by Gasteiger charge is -2.34. The number of hydrogen-bond donors (Lipinski definition) is 1. The number of carbonyl (C=O) groups is 1. The van der Waals surface area contributed by atoms with E-state index in [1.54, 1.807) is 0 Å². The fourth-order valence-corrected chi connectivity index (χ4v) is 2.92. The Morgan fingerprint density at radius 2 is 1.95 bits per heavy atom. The van der Waals surface area contributed by atoms with E-state index in [1.165, 1.54) is 11.1 Å². The first-order valence-corrected chi connectivity index (χ1v) is 7.35. The zero-order valence-corrected chi connectivity index (χ0v) is 12.2. The summed E-state index contributed by atoms with van der Waals surface area (Å²) in [6.07, 6.45) is 1.55. The minimum Gasteiger partial charge on any atom is -0.465 e. The summed E-state index contributed by atoms with van der Waals surface area (Å²) < 4.78 is 5.76. The van der Waals surface area contributed by atoms with Crippen molar-refractivity contribution in [2.24, 2.45) is 5.73 Å². The first-order chi connectivity index (χ1) is 10.2. The Hall–Kier alpha value is -2.07. The summed E-state index contributed by atoms with van der Waals surface area (Å²) in [5.41, 5.74) is 8.06. The number of aryl methyl sites for hydroxylation is 1. The quantitative estimate of drug-likeness (QED) is 0.936. The van der Waals surface area contributed by atoms with Gasteiger partial charge in [0.1, 0.15) is 11.5 Å². The van der Waals surface area contributed by atoms with Gasteiger partial charge in [0, 0.05) is 13.0 Å². The Labute approximate surface area is 124 Å². The number of nitrogens with two attached hydrogens (primary N) is 1. The molecule has 1 unspecified atom stereocenters. The first-order valence-electron chi connectivity index (χ1n) is 7.35. The second-order valence-electron chi connectivity index (χ2n) is 5.52. The fraction of sp³-hybridized carbons (Fsp3) is 0.353. The van der Waals surface area contributed by atoms with Crippen LogP contribution < -0.4 is 5.73 Å². The van der Waals surface area contributed by atoms with E-state index in [0.717, 1.165) is 24.5 Å². The largest absolute Gasteiger partial charge is 0.465 e. The first kappa shape index (κ1) is 13.9. The van der Waals surface area contributed by atoms with E-state index in [4.69, 9.17) is 10.2 Å². The molecule has 21 heavy (non-hydrogen) atoms. The molecular weight excluding hydrogens is 264 g/mol. The molecule has 2 heterocycles. The van der Waals surface area contributed by atoms with Crippen LogP contribution in [0, 0.1) is 0 Å². The molecule has 1 aliphatic heterocycles. The minimum absolute atomic E-state index is 0.268. The van der Waals surface area contributed by atoms with Crippen molar-refractivity contribution in [3.8, 4) is 0 Å². The van der Waals surface area contributed by atoms with Crippen LogP contribution in [0.3, 0.4) is 0 Å². The SMILES string of the molecule is CCc1ccc(CN2Cc3ccccc3CC2C(N)=O)o1. The van der Waals surface area contributed by atoms with Crippen LogP contribution in [-0.4, -0.2) is 16.8 Å². The van der Waals surface area contributed by atoms with E-state index in [9.17, 15) is 4.79 Å². The molecule has 1 aromatic heterocycles. The van der Waals surface area contributed by atoms with Crippen LogP contribution in [0.15, 0.2) is 40.8 Å². The molecule has 1 atom stereocenters. The Kier molecular flexibility index (Phi) is 3.80. The fourth-order valence-electron chi connectivity index (χ4n) is 2.92. The maximum Gasteiger partial charge on any atom is 0.235 e. The number of benzene rings is 1. The van der Waals surface area contributed by atoms with E-state index in [-0.39, 0.29) is 11.9 Å². The molecule has 0 radical (unpaired) electrons. The van der Waals surface area contributed by atoms with Gasteiger partial charge in [0.25, 0.3) is 0 Å². The number of furan rings is 1. The molecule has 2 N–H and O–H groups in total. The van der Waals surface area contributed by atoms with Gasteiger partial charge in [-0.2, -0.15) is 0 Å². The van der Waals surface area contributed by atoms with Crippen molar-refractivity contribution in [3.05, 3.63) is 59.0 Å². The van der Waals surface area contributed by atoms with Gasteiger partial charge in [-0.25, -0.2) is 0 Å². The average molecular weight is 284 g/mol. The molecule has 0 bridgehead atoms. The second-order valence-corrected chi connectivity index (χ2v) is 5.52. The molecule has 0 saturated heterocycles. The smallest absolute Gasteiger partial charge is 0.235 e. The van der Waals surface area contributed by atoms with Gasteiger partial charge < -0.3 is 10.2 Å². The molecule has 4 nitrogen and oxygen atoms in total. The van der Waals surface area contributed by atoms with Crippen LogP contribution in [0.2, 0.25) is 0 Å². The van der Waals surface area contributed by atoms with Gasteiger partial charge >= 0.3 is 0 Å². The molecule has 1 amide bonds. The third-order valence-corrected chi connectivity index (χ3v) is 4.10. The Balaban J connectivity index is 1.83. The molecule has 0 fully saturated rings. The van der Waals surface area contributed by atoms with E-state index < -0.39 is 0 Å². The van der Waals surface area contributed by atoms with Crippen molar-refractivity contribution in [1.82, 2.24) is 4.90 Å². The van der Waals surface area contributed by atoms with Crippen LogP contribution in [0.4, 0.5) is 0 Å². The zero-order chi connectivity index (χ0) is 14.8. The highest BCUT2D eigenvalue weighted by Gasteiger charge is 2.30. The zero-order valence-electron chi connectivity index (χ0n) is 12.2. The molecule has 110 valence electrons. The normalized spacial score (nSPS) is 18.4. The minimum atomic E-state index is -0.272. The molecule has 0 spiro atoms. The van der Waals surface area contributed by atoms with Gasteiger partial charge in [-0.3, -0.25) is 9.69 Å². The highest BCUT2D eigenvalue weighted by Crippen LogP contribution is 2.25. The van der Waals surface area contributed by atoms with Gasteiger partial charge in [-0.1, -0.05) is 31.2 Å². The molecule has 3 rings (SSSR count). The van der Waals surface area contributed by atoms with Crippen LogP contribution in [-0.2, 0) is 30.7 Å². The van der Waals surface area contributed by atoms with Gasteiger partial charge in [0.2, 0.25) is 5.91 Å². The van der Waals surface area contributed by atoms with Crippen molar-refractivity contribution in [2.45, 2.75) is 38.9 Å². The molecule has 4 heteroatoms. The van der Waals surface area contributed by atoms with Crippen molar-refractivity contribution in [1.29, 1.82) is 0 Å². The number of primary amides is 1. The summed E-state index contributed by atoms with van der Waals surface area (Å²) in [4.78, 5) is 13.9. The van der Waals surface area contributed by atoms with E-state index in [0.29, 0.717) is 13.0 Å². The maximum atomic E-state index is 11.8. The van der Waals surface area contributed by atoms with Crippen LogP contribution >= 0.6 is 0 Å². The number of nitrogens with zero attached hydrogens (tertiary/aromatic N) is 1.